The molecule has 1 saturated carbocycles. The maximum atomic E-state index is 6.11. The number of anilines is 1. The maximum Gasteiger partial charge on any atom is 0.134 e. The number of aryl methyl sites for hydroxylation is 1. The van der Waals surface area contributed by atoms with E-state index in [1.165, 1.54) is 44.9 Å². The molecule has 0 unspecified atom stereocenters. The van der Waals surface area contributed by atoms with Crippen LogP contribution in [-0.2, 0) is 6.42 Å². The fourth-order valence-corrected chi connectivity index (χ4v) is 3.98. The summed E-state index contributed by atoms with van der Waals surface area (Å²) in [5.74, 6) is 1.87. The number of halogens is 1. The van der Waals surface area contributed by atoms with E-state index in [1.54, 1.807) is 0 Å². The Hall–Kier alpha value is -0.830. The summed E-state index contributed by atoms with van der Waals surface area (Å²) in [6.45, 7) is 4.32. The van der Waals surface area contributed by atoms with Gasteiger partial charge < -0.3 is 4.90 Å². The summed E-state index contributed by atoms with van der Waals surface area (Å²) in [7, 11) is 0. The van der Waals surface area contributed by atoms with E-state index in [1.807, 2.05) is 6.07 Å². The average molecular weight is 294 g/mol. The molecule has 2 heterocycles. The molecule has 1 aromatic rings. The lowest BCUT2D eigenvalue weighted by Gasteiger charge is -2.44. The van der Waals surface area contributed by atoms with Crippen LogP contribution in [0, 0.1) is 5.41 Å². The van der Waals surface area contributed by atoms with Crippen molar-refractivity contribution in [1.29, 1.82) is 0 Å². The lowest BCUT2D eigenvalue weighted by Crippen LogP contribution is -2.41. The van der Waals surface area contributed by atoms with Gasteiger partial charge in [-0.1, -0.05) is 37.8 Å². The first-order valence-electron chi connectivity index (χ1n) is 7.99. The summed E-state index contributed by atoms with van der Waals surface area (Å²) < 4.78 is 0. The van der Waals surface area contributed by atoms with E-state index in [2.05, 4.69) is 21.8 Å². The molecule has 4 heteroatoms. The van der Waals surface area contributed by atoms with Crippen molar-refractivity contribution in [2.75, 3.05) is 18.0 Å². The van der Waals surface area contributed by atoms with Crippen LogP contribution >= 0.6 is 11.6 Å². The Bertz CT molecular complexity index is 459. The van der Waals surface area contributed by atoms with Crippen molar-refractivity contribution < 1.29 is 0 Å². The number of nitrogens with zero attached hydrogens (tertiary/aromatic N) is 3. The molecule has 1 aromatic heterocycles. The first-order valence-corrected chi connectivity index (χ1v) is 8.37. The Morgan fingerprint density at radius 2 is 1.80 bits per heavy atom. The average Bonchev–Trinajstić information content (AvgIpc) is 2.48. The molecule has 0 radical (unpaired) electrons. The van der Waals surface area contributed by atoms with Crippen LogP contribution in [0.25, 0.3) is 0 Å². The van der Waals surface area contributed by atoms with Crippen molar-refractivity contribution in [3.05, 3.63) is 17.0 Å². The molecule has 0 N–H and O–H groups in total. The molecule has 0 aromatic carbocycles. The smallest absolute Gasteiger partial charge is 0.134 e. The number of hydrogen-bond acceptors (Lipinski definition) is 3. The molecular weight excluding hydrogens is 270 g/mol. The van der Waals surface area contributed by atoms with E-state index >= 15 is 0 Å². The summed E-state index contributed by atoms with van der Waals surface area (Å²) in [6, 6.07) is 1.92. The van der Waals surface area contributed by atoms with E-state index in [9.17, 15) is 0 Å². The minimum Gasteiger partial charge on any atom is -0.356 e. The van der Waals surface area contributed by atoms with E-state index in [0.29, 0.717) is 10.6 Å². The molecule has 1 spiro atoms. The third kappa shape index (κ3) is 2.93. The van der Waals surface area contributed by atoms with Crippen molar-refractivity contribution in [2.45, 2.75) is 58.3 Å². The van der Waals surface area contributed by atoms with Gasteiger partial charge in [0.05, 0.1) is 0 Å². The molecule has 1 aliphatic heterocycles. The summed E-state index contributed by atoms with van der Waals surface area (Å²) >= 11 is 6.11. The van der Waals surface area contributed by atoms with Gasteiger partial charge in [0.25, 0.3) is 0 Å². The molecule has 2 fully saturated rings. The number of rotatable bonds is 2. The highest BCUT2D eigenvalue weighted by atomic mass is 35.5. The van der Waals surface area contributed by atoms with Crippen LogP contribution in [0.1, 0.15) is 57.7 Å². The zero-order valence-electron chi connectivity index (χ0n) is 12.4. The van der Waals surface area contributed by atoms with Crippen LogP contribution in [0.3, 0.4) is 0 Å². The molecule has 1 saturated heterocycles. The van der Waals surface area contributed by atoms with E-state index < -0.39 is 0 Å². The van der Waals surface area contributed by atoms with Gasteiger partial charge in [0.2, 0.25) is 0 Å². The number of piperidine rings is 1. The highest BCUT2D eigenvalue weighted by molar-refractivity contribution is 6.29. The zero-order valence-corrected chi connectivity index (χ0v) is 13.1. The van der Waals surface area contributed by atoms with Crippen molar-refractivity contribution in [3.8, 4) is 0 Å². The standard InChI is InChI=1S/C16H24ClN3/c1-2-14-18-13(17)12-15(19-14)20-10-8-16(9-11-20)6-4-3-5-7-16/h12H,2-11H2,1H3. The van der Waals surface area contributed by atoms with Crippen LogP contribution in [-0.4, -0.2) is 23.1 Å². The predicted octanol–water partition coefficient (Wildman–Crippen LogP) is 4.24. The Kier molecular flexibility index (Phi) is 4.16. The van der Waals surface area contributed by atoms with Gasteiger partial charge in [0.1, 0.15) is 16.8 Å². The van der Waals surface area contributed by atoms with Gasteiger partial charge in [-0.15, -0.1) is 0 Å². The van der Waals surface area contributed by atoms with Gasteiger partial charge in [-0.25, -0.2) is 9.97 Å². The topological polar surface area (TPSA) is 29.0 Å². The highest BCUT2D eigenvalue weighted by Crippen LogP contribution is 2.45. The van der Waals surface area contributed by atoms with Gasteiger partial charge in [-0.3, -0.25) is 0 Å². The maximum absolute atomic E-state index is 6.11. The summed E-state index contributed by atoms with van der Waals surface area (Å²) in [5, 5.41) is 0.574. The molecular formula is C16H24ClN3. The Morgan fingerprint density at radius 1 is 1.10 bits per heavy atom. The van der Waals surface area contributed by atoms with E-state index in [-0.39, 0.29) is 0 Å². The Balaban J connectivity index is 1.70. The molecule has 3 nitrogen and oxygen atoms in total. The van der Waals surface area contributed by atoms with Gasteiger partial charge >= 0.3 is 0 Å². The monoisotopic (exact) mass is 293 g/mol. The van der Waals surface area contributed by atoms with Gasteiger partial charge in [0.15, 0.2) is 0 Å². The molecule has 0 atom stereocenters. The van der Waals surface area contributed by atoms with Gasteiger partial charge in [-0.2, -0.15) is 0 Å². The molecule has 0 amide bonds. The molecule has 3 rings (SSSR count). The predicted molar refractivity (Wildman–Crippen MR) is 83.4 cm³/mol. The second-order valence-corrected chi connectivity index (χ2v) is 6.75. The molecule has 110 valence electrons. The van der Waals surface area contributed by atoms with Crippen molar-refractivity contribution >= 4 is 17.4 Å². The first kappa shape index (κ1) is 14.1. The summed E-state index contributed by atoms with van der Waals surface area (Å²) in [5.41, 5.74) is 0.638. The van der Waals surface area contributed by atoms with Crippen LogP contribution in [0.5, 0.6) is 0 Å². The van der Waals surface area contributed by atoms with Crippen LogP contribution < -0.4 is 4.90 Å². The van der Waals surface area contributed by atoms with Crippen LogP contribution in [0.2, 0.25) is 5.15 Å². The van der Waals surface area contributed by atoms with E-state index in [0.717, 1.165) is 31.2 Å². The highest BCUT2D eigenvalue weighted by Gasteiger charge is 2.35. The van der Waals surface area contributed by atoms with Gasteiger partial charge in [0, 0.05) is 25.6 Å². The fourth-order valence-electron chi connectivity index (χ4n) is 3.78. The van der Waals surface area contributed by atoms with Crippen molar-refractivity contribution in [2.24, 2.45) is 5.41 Å². The summed E-state index contributed by atoms with van der Waals surface area (Å²) in [4.78, 5) is 11.3. The Labute approximate surface area is 126 Å². The molecule has 20 heavy (non-hydrogen) atoms. The summed E-state index contributed by atoms with van der Waals surface area (Å²) in [6.07, 6.45) is 10.6. The number of hydrogen-bond donors (Lipinski definition) is 0. The quantitative estimate of drug-likeness (QED) is 0.764. The second kappa shape index (κ2) is 5.88. The van der Waals surface area contributed by atoms with Crippen molar-refractivity contribution in [3.63, 3.8) is 0 Å². The van der Waals surface area contributed by atoms with Crippen LogP contribution in [0.4, 0.5) is 5.82 Å². The Morgan fingerprint density at radius 3 is 2.45 bits per heavy atom. The third-order valence-corrected chi connectivity index (χ3v) is 5.30. The normalized spacial score (nSPS) is 22.2. The minimum atomic E-state index is 0.574. The first-order chi connectivity index (χ1) is 9.71. The zero-order chi connectivity index (χ0) is 14.0. The molecule has 1 aliphatic carbocycles. The molecule has 2 aliphatic rings. The largest absolute Gasteiger partial charge is 0.356 e. The third-order valence-electron chi connectivity index (χ3n) is 5.11. The lowest BCUT2D eigenvalue weighted by atomic mass is 9.68. The van der Waals surface area contributed by atoms with Crippen molar-refractivity contribution in [1.82, 2.24) is 9.97 Å². The minimum absolute atomic E-state index is 0.574. The lowest BCUT2D eigenvalue weighted by molar-refractivity contribution is 0.144. The fraction of sp³-hybridized carbons (Fsp3) is 0.750. The molecule has 0 bridgehead atoms. The number of aromatic nitrogens is 2. The van der Waals surface area contributed by atoms with Gasteiger partial charge in [-0.05, 0) is 31.1 Å². The van der Waals surface area contributed by atoms with E-state index in [4.69, 9.17) is 11.6 Å². The second-order valence-electron chi connectivity index (χ2n) is 6.37. The SMILES string of the molecule is CCc1nc(Cl)cc(N2CCC3(CCCCC3)CC2)n1. The van der Waals surface area contributed by atoms with Crippen LogP contribution in [0.15, 0.2) is 6.07 Å².